The molecule has 1 spiro atoms. The van der Waals surface area contributed by atoms with E-state index in [-0.39, 0.29) is 24.5 Å². The summed E-state index contributed by atoms with van der Waals surface area (Å²) in [4.78, 5) is 27.8. The van der Waals surface area contributed by atoms with Crippen LogP contribution < -0.4 is 0 Å². The lowest BCUT2D eigenvalue weighted by Gasteiger charge is -2.48. The minimum atomic E-state index is -0.856. The van der Waals surface area contributed by atoms with Crippen LogP contribution in [0.15, 0.2) is 18.2 Å². The van der Waals surface area contributed by atoms with Crippen LogP contribution in [0.5, 0.6) is 0 Å². The summed E-state index contributed by atoms with van der Waals surface area (Å²) in [5, 5.41) is 9.13. The van der Waals surface area contributed by atoms with E-state index in [1.165, 1.54) is 11.0 Å². The zero-order chi connectivity index (χ0) is 18.0. The summed E-state index contributed by atoms with van der Waals surface area (Å²) >= 11 is 0. The van der Waals surface area contributed by atoms with E-state index in [0.717, 1.165) is 25.0 Å². The summed E-state index contributed by atoms with van der Waals surface area (Å²) in [5.74, 6) is -2.35. The maximum absolute atomic E-state index is 13.9. The van der Waals surface area contributed by atoms with E-state index in [1.54, 1.807) is 4.90 Å². The molecule has 1 aromatic carbocycles. The van der Waals surface area contributed by atoms with E-state index in [0.29, 0.717) is 32.5 Å². The van der Waals surface area contributed by atoms with Crippen LogP contribution in [0.1, 0.15) is 36.0 Å². The Bertz CT molecular complexity index is 662. The van der Waals surface area contributed by atoms with Gasteiger partial charge in [-0.05, 0) is 31.4 Å². The van der Waals surface area contributed by atoms with Gasteiger partial charge < -0.3 is 14.9 Å². The Balaban J connectivity index is 1.79. The quantitative estimate of drug-likeness (QED) is 0.902. The van der Waals surface area contributed by atoms with Crippen LogP contribution in [0, 0.1) is 17.0 Å². The Morgan fingerprint density at radius 2 is 1.92 bits per heavy atom. The number of likely N-dealkylation sites (tertiary alicyclic amines) is 2. The van der Waals surface area contributed by atoms with Crippen molar-refractivity contribution >= 4 is 11.8 Å². The van der Waals surface area contributed by atoms with Gasteiger partial charge in [-0.2, -0.15) is 0 Å². The minimum absolute atomic E-state index is 0.00303. The molecule has 136 valence electrons. The van der Waals surface area contributed by atoms with Crippen LogP contribution >= 0.6 is 0 Å². The van der Waals surface area contributed by atoms with Gasteiger partial charge in [0.15, 0.2) is 0 Å². The molecule has 2 aliphatic heterocycles. The molecular weight excluding hydrogens is 330 g/mol. The third kappa shape index (κ3) is 3.51. The van der Waals surface area contributed by atoms with Crippen LogP contribution in [-0.4, -0.2) is 59.5 Å². The van der Waals surface area contributed by atoms with Crippen molar-refractivity contribution in [1.82, 2.24) is 9.80 Å². The molecular formula is C18H22F2N2O3. The largest absolute Gasteiger partial charge is 0.395 e. The van der Waals surface area contributed by atoms with Crippen molar-refractivity contribution in [2.24, 2.45) is 5.41 Å². The predicted octanol–water partition coefficient (Wildman–Crippen LogP) is 1.80. The molecule has 0 aliphatic carbocycles. The minimum Gasteiger partial charge on any atom is -0.395 e. The lowest BCUT2D eigenvalue weighted by molar-refractivity contribution is -0.139. The van der Waals surface area contributed by atoms with Gasteiger partial charge in [0.1, 0.15) is 17.2 Å². The maximum Gasteiger partial charge on any atom is 0.259 e. The molecule has 3 rings (SSSR count). The molecule has 2 saturated heterocycles. The summed E-state index contributed by atoms with van der Waals surface area (Å²) in [6, 6.07) is 3.40. The van der Waals surface area contributed by atoms with E-state index in [1.807, 2.05) is 0 Å². The van der Waals surface area contributed by atoms with Gasteiger partial charge in [0.05, 0.1) is 6.61 Å². The molecule has 1 atom stereocenters. The molecule has 0 bridgehead atoms. The molecule has 0 radical (unpaired) electrons. The summed E-state index contributed by atoms with van der Waals surface area (Å²) in [6.07, 6.45) is 2.60. The number of benzene rings is 1. The van der Waals surface area contributed by atoms with E-state index in [9.17, 15) is 18.4 Å². The fraction of sp³-hybridized carbons (Fsp3) is 0.556. The van der Waals surface area contributed by atoms with Crippen LogP contribution in [0.4, 0.5) is 8.78 Å². The standard InChI is InChI=1S/C18H22F2N2O3/c19-13-3-1-4-14(20)16(13)17(25)22-8-2-6-18(12-22)7-5-15(24)21(11-18)9-10-23/h1,3-4,23H,2,5-12H2. The number of hydrogen-bond donors (Lipinski definition) is 1. The summed E-state index contributed by atoms with van der Waals surface area (Å²) in [7, 11) is 0. The zero-order valence-electron chi connectivity index (χ0n) is 14.0. The Labute approximate surface area is 145 Å². The van der Waals surface area contributed by atoms with Crippen molar-refractivity contribution in [3.05, 3.63) is 35.4 Å². The molecule has 1 aromatic rings. The molecule has 5 nitrogen and oxygen atoms in total. The number of rotatable bonds is 3. The second kappa shape index (κ2) is 7.07. The average molecular weight is 352 g/mol. The van der Waals surface area contributed by atoms with Crippen molar-refractivity contribution in [1.29, 1.82) is 0 Å². The average Bonchev–Trinajstić information content (AvgIpc) is 2.58. The van der Waals surface area contributed by atoms with Gasteiger partial charge in [-0.1, -0.05) is 6.07 Å². The third-order valence-corrected chi connectivity index (χ3v) is 5.24. The smallest absolute Gasteiger partial charge is 0.259 e. The molecule has 25 heavy (non-hydrogen) atoms. The van der Waals surface area contributed by atoms with Gasteiger partial charge in [0, 0.05) is 38.0 Å². The molecule has 1 N–H and O–H groups in total. The van der Waals surface area contributed by atoms with Crippen LogP contribution in [0.2, 0.25) is 0 Å². The Morgan fingerprint density at radius 1 is 1.20 bits per heavy atom. The highest BCUT2D eigenvalue weighted by atomic mass is 19.1. The third-order valence-electron chi connectivity index (χ3n) is 5.24. The molecule has 2 fully saturated rings. The molecule has 1 unspecified atom stereocenters. The number of carbonyl (C=O) groups is 2. The van der Waals surface area contributed by atoms with E-state index in [2.05, 4.69) is 0 Å². The number of carbonyl (C=O) groups excluding carboxylic acids is 2. The first kappa shape index (κ1) is 17.8. The van der Waals surface area contributed by atoms with Crippen molar-refractivity contribution in [3.8, 4) is 0 Å². The second-order valence-corrected chi connectivity index (χ2v) is 6.97. The number of aliphatic hydroxyl groups is 1. The van der Waals surface area contributed by atoms with Gasteiger partial charge in [0.2, 0.25) is 5.91 Å². The Kier molecular flexibility index (Phi) is 5.03. The van der Waals surface area contributed by atoms with E-state index < -0.39 is 23.1 Å². The van der Waals surface area contributed by atoms with Crippen molar-refractivity contribution < 1.29 is 23.5 Å². The number of piperidine rings is 2. The highest BCUT2D eigenvalue weighted by Crippen LogP contribution is 2.39. The Morgan fingerprint density at radius 3 is 2.60 bits per heavy atom. The topological polar surface area (TPSA) is 60.9 Å². The predicted molar refractivity (Wildman–Crippen MR) is 86.8 cm³/mol. The normalized spacial score (nSPS) is 24.0. The first-order valence-electron chi connectivity index (χ1n) is 8.58. The molecule has 2 amide bonds. The fourth-order valence-electron chi connectivity index (χ4n) is 4.00. The zero-order valence-corrected chi connectivity index (χ0v) is 14.0. The molecule has 0 aromatic heterocycles. The highest BCUT2D eigenvalue weighted by Gasteiger charge is 2.43. The molecule has 0 saturated carbocycles. The van der Waals surface area contributed by atoms with Gasteiger partial charge in [-0.25, -0.2) is 8.78 Å². The van der Waals surface area contributed by atoms with Crippen molar-refractivity contribution in [3.63, 3.8) is 0 Å². The fourth-order valence-corrected chi connectivity index (χ4v) is 4.00. The maximum atomic E-state index is 13.9. The number of halogens is 2. The van der Waals surface area contributed by atoms with Crippen molar-refractivity contribution in [2.75, 3.05) is 32.8 Å². The van der Waals surface area contributed by atoms with E-state index >= 15 is 0 Å². The number of aliphatic hydroxyl groups excluding tert-OH is 1. The number of hydrogen-bond acceptors (Lipinski definition) is 3. The van der Waals surface area contributed by atoms with Gasteiger partial charge in [0.25, 0.3) is 5.91 Å². The first-order valence-corrected chi connectivity index (χ1v) is 8.58. The van der Waals surface area contributed by atoms with Crippen molar-refractivity contribution in [2.45, 2.75) is 25.7 Å². The molecule has 7 heteroatoms. The summed E-state index contributed by atoms with van der Waals surface area (Å²) in [6.45, 7) is 1.45. The monoisotopic (exact) mass is 352 g/mol. The summed E-state index contributed by atoms with van der Waals surface area (Å²) < 4.78 is 27.9. The van der Waals surface area contributed by atoms with Gasteiger partial charge >= 0.3 is 0 Å². The summed E-state index contributed by atoms with van der Waals surface area (Å²) in [5.41, 5.74) is -0.780. The van der Waals surface area contributed by atoms with Gasteiger partial charge in [-0.3, -0.25) is 9.59 Å². The van der Waals surface area contributed by atoms with Crippen LogP contribution in [0.25, 0.3) is 0 Å². The van der Waals surface area contributed by atoms with Crippen LogP contribution in [0.3, 0.4) is 0 Å². The molecule has 2 heterocycles. The lowest BCUT2D eigenvalue weighted by atomic mass is 9.73. The first-order chi connectivity index (χ1) is 12.0. The molecule has 2 aliphatic rings. The number of amides is 2. The van der Waals surface area contributed by atoms with Crippen LogP contribution in [-0.2, 0) is 4.79 Å². The highest BCUT2D eigenvalue weighted by molar-refractivity contribution is 5.95. The number of nitrogens with zero attached hydrogens (tertiary/aromatic N) is 2. The lowest BCUT2D eigenvalue weighted by Crippen LogP contribution is -2.55. The number of β-amino-alcohol motifs (C(OH)–C–C–N with tert-alkyl or cyclic N) is 1. The second-order valence-electron chi connectivity index (χ2n) is 6.97. The van der Waals surface area contributed by atoms with E-state index in [4.69, 9.17) is 5.11 Å². The Hall–Kier alpha value is -2.02. The van der Waals surface area contributed by atoms with Gasteiger partial charge in [-0.15, -0.1) is 0 Å². The SMILES string of the molecule is O=C1CCC2(CCCN(C(=O)c3c(F)cccc3F)C2)CN1CCO.